The molecule has 0 aliphatic carbocycles. The van der Waals surface area contributed by atoms with Gasteiger partial charge in [0.15, 0.2) is 0 Å². The number of carbonyl (C=O) groups excluding carboxylic acids is 1. The first-order chi connectivity index (χ1) is 13.2. The summed E-state index contributed by atoms with van der Waals surface area (Å²) in [6, 6.07) is 16.8. The van der Waals surface area contributed by atoms with Crippen molar-refractivity contribution in [2.45, 2.75) is 12.5 Å². The van der Waals surface area contributed by atoms with Gasteiger partial charge in [-0.25, -0.2) is 0 Å². The molecule has 4 rings (SSSR count). The molecule has 3 N–H and O–H groups in total. The molecule has 0 aliphatic heterocycles. The van der Waals surface area contributed by atoms with E-state index in [-0.39, 0.29) is 12.5 Å². The number of aliphatic hydroxyl groups excluding tert-OH is 1. The summed E-state index contributed by atoms with van der Waals surface area (Å²) in [5.41, 5.74) is 2.78. The van der Waals surface area contributed by atoms with Gasteiger partial charge < -0.3 is 19.9 Å². The first-order valence-corrected chi connectivity index (χ1v) is 8.60. The van der Waals surface area contributed by atoms with E-state index in [1.54, 1.807) is 0 Å². The number of amides is 1. The molecule has 7 heteroatoms. The van der Waals surface area contributed by atoms with Crippen molar-refractivity contribution in [1.82, 2.24) is 20.4 Å². The smallest absolute Gasteiger partial charge is 0.316 e. The number of rotatable bonds is 6. The first-order valence-electron chi connectivity index (χ1n) is 8.60. The SMILES string of the molecule is O=C(N[C@@H](CO)Cc1ccccc1)c1nc(-c2ccc3[nH]ccc3c2)no1. The van der Waals surface area contributed by atoms with Gasteiger partial charge in [-0.1, -0.05) is 35.5 Å². The number of aliphatic hydroxyl groups is 1. The number of aromatic nitrogens is 3. The Labute approximate surface area is 155 Å². The standard InChI is InChI=1S/C20H18N4O3/c25-12-16(10-13-4-2-1-3-5-13)22-19(26)20-23-18(24-27-20)15-6-7-17-14(11-15)8-9-21-17/h1-9,11,16,21,25H,10,12H2,(H,22,26)/t16-/m1/s1. The van der Waals surface area contributed by atoms with Crippen LogP contribution in [0.2, 0.25) is 0 Å². The minimum absolute atomic E-state index is 0.134. The van der Waals surface area contributed by atoms with E-state index in [9.17, 15) is 9.90 Å². The van der Waals surface area contributed by atoms with Gasteiger partial charge in [-0.3, -0.25) is 4.79 Å². The normalized spacial score (nSPS) is 12.2. The first kappa shape index (κ1) is 17.0. The minimum Gasteiger partial charge on any atom is -0.394 e. The van der Waals surface area contributed by atoms with Crippen LogP contribution in [0.15, 0.2) is 65.3 Å². The number of hydrogen-bond donors (Lipinski definition) is 3. The molecule has 136 valence electrons. The van der Waals surface area contributed by atoms with Crippen LogP contribution in [0.1, 0.15) is 16.2 Å². The molecule has 0 saturated carbocycles. The van der Waals surface area contributed by atoms with E-state index in [4.69, 9.17) is 4.52 Å². The Morgan fingerprint density at radius 3 is 2.85 bits per heavy atom. The predicted octanol–water partition coefficient (Wildman–Crippen LogP) is 2.55. The maximum atomic E-state index is 12.4. The molecule has 27 heavy (non-hydrogen) atoms. The Morgan fingerprint density at radius 1 is 1.19 bits per heavy atom. The average Bonchev–Trinajstić information content (AvgIpc) is 3.37. The fourth-order valence-corrected chi connectivity index (χ4v) is 2.93. The Hall–Kier alpha value is -3.45. The van der Waals surface area contributed by atoms with Gasteiger partial charge in [0.2, 0.25) is 5.82 Å². The maximum Gasteiger partial charge on any atom is 0.316 e. The second-order valence-electron chi connectivity index (χ2n) is 6.25. The Morgan fingerprint density at radius 2 is 2.04 bits per heavy atom. The molecular formula is C20H18N4O3. The Bertz CT molecular complexity index is 1060. The zero-order chi connectivity index (χ0) is 18.6. The fourth-order valence-electron chi connectivity index (χ4n) is 2.93. The van der Waals surface area contributed by atoms with Gasteiger partial charge in [-0.15, -0.1) is 0 Å². The highest BCUT2D eigenvalue weighted by molar-refractivity contribution is 5.90. The summed E-state index contributed by atoms with van der Waals surface area (Å²) in [7, 11) is 0. The van der Waals surface area contributed by atoms with Crippen molar-refractivity contribution in [3.8, 4) is 11.4 Å². The predicted molar refractivity (Wildman–Crippen MR) is 100 cm³/mol. The molecule has 0 bridgehead atoms. The van der Waals surface area contributed by atoms with Crippen LogP contribution in [-0.4, -0.2) is 38.8 Å². The van der Waals surface area contributed by atoms with Crippen LogP contribution in [0.4, 0.5) is 0 Å². The largest absolute Gasteiger partial charge is 0.394 e. The summed E-state index contributed by atoms with van der Waals surface area (Å²) in [6.07, 6.45) is 2.36. The summed E-state index contributed by atoms with van der Waals surface area (Å²) in [5.74, 6) is -0.302. The van der Waals surface area contributed by atoms with E-state index in [0.717, 1.165) is 22.0 Å². The quantitative estimate of drug-likeness (QED) is 0.489. The highest BCUT2D eigenvalue weighted by Crippen LogP contribution is 2.21. The number of nitrogens with zero attached hydrogens (tertiary/aromatic N) is 2. The lowest BCUT2D eigenvalue weighted by Crippen LogP contribution is -2.39. The van der Waals surface area contributed by atoms with E-state index in [1.165, 1.54) is 0 Å². The molecule has 0 spiro atoms. The van der Waals surface area contributed by atoms with Crippen molar-refractivity contribution in [1.29, 1.82) is 0 Å². The van der Waals surface area contributed by atoms with Crippen LogP contribution in [0.25, 0.3) is 22.3 Å². The molecule has 2 heterocycles. The molecule has 2 aromatic heterocycles. The fraction of sp³-hybridized carbons (Fsp3) is 0.150. The van der Waals surface area contributed by atoms with E-state index in [2.05, 4.69) is 20.4 Å². The van der Waals surface area contributed by atoms with Crippen molar-refractivity contribution in [3.05, 3.63) is 72.2 Å². The lowest BCUT2D eigenvalue weighted by atomic mass is 10.1. The van der Waals surface area contributed by atoms with Crippen molar-refractivity contribution in [3.63, 3.8) is 0 Å². The number of H-pyrrole nitrogens is 1. The molecular weight excluding hydrogens is 344 g/mol. The molecule has 0 saturated heterocycles. The number of carbonyl (C=O) groups is 1. The highest BCUT2D eigenvalue weighted by Gasteiger charge is 2.20. The van der Waals surface area contributed by atoms with Crippen LogP contribution in [0, 0.1) is 0 Å². The third-order valence-corrected chi connectivity index (χ3v) is 4.31. The summed E-state index contributed by atoms with van der Waals surface area (Å²) in [4.78, 5) is 19.7. The Kier molecular flexibility index (Phi) is 4.67. The van der Waals surface area contributed by atoms with Crippen LogP contribution >= 0.6 is 0 Å². The van der Waals surface area contributed by atoms with Gasteiger partial charge in [-0.2, -0.15) is 4.98 Å². The maximum absolute atomic E-state index is 12.4. The van der Waals surface area contributed by atoms with E-state index < -0.39 is 11.9 Å². The monoisotopic (exact) mass is 362 g/mol. The third kappa shape index (κ3) is 3.73. The molecule has 0 radical (unpaired) electrons. The topological polar surface area (TPSA) is 104 Å². The summed E-state index contributed by atoms with van der Waals surface area (Å²) < 4.78 is 5.11. The molecule has 0 fully saturated rings. The average molecular weight is 362 g/mol. The lowest BCUT2D eigenvalue weighted by molar-refractivity contribution is 0.0872. The number of aromatic amines is 1. The van der Waals surface area contributed by atoms with Crippen molar-refractivity contribution < 1.29 is 14.4 Å². The lowest BCUT2D eigenvalue weighted by Gasteiger charge is -2.14. The second-order valence-corrected chi connectivity index (χ2v) is 6.25. The number of hydrogen-bond acceptors (Lipinski definition) is 5. The molecule has 7 nitrogen and oxygen atoms in total. The molecule has 1 atom stereocenters. The zero-order valence-corrected chi connectivity index (χ0v) is 14.4. The van der Waals surface area contributed by atoms with Crippen molar-refractivity contribution >= 4 is 16.8 Å². The van der Waals surface area contributed by atoms with Gasteiger partial charge in [0.05, 0.1) is 12.6 Å². The summed E-state index contributed by atoms with van der Waals surface area (Å²) in [5, 5.41) is 17.2. The van der Waals surface area contributed by atoms with Gasteiger partial charge in [0.25, 0.3) is 0 Å². The number of benzene rings is 2. The summed E-state index contributed by atoms with van der Waals surface area (Å²) >= 11 is 0. The zero-order valence-electron chi connectivity index (χ0n) is 14.4. The Balaban J connectivity index is 1.47. The van der Waals surface area contributed by atoms with Gasteiger partial charge in [-0.05, 0) is 36.2 Å². The van der Waals surface area contributed by atoms with Crippen LogP contribution in [0.5, 0.6) is 0 Å². The second kappa shape index (κ2) is 7.43. The molecule has 1 amide bonds. The van der Waals surface area contributed by atoms with E-state index >= 15 is 0 Å². The van der Waals surface area contributed by atoms with E-state index in [1.807, 2.05) is 60.8 Å². The molecule has 0 aliphatic rings. The van der Waals surface area contributed by atoms with Gasteiger partial charge in [0.1, 0.15) is 0 Å². The van der Waals surface area contributed by atoms with Crippen molar-refractivity contribution in [2.24, 2.45) is 0 Å². The molecule has 4 aromatic rings. The van der Waals surface area contributed by atoms with Crippen molar-refractivity contribution in [2.75, 3.05) is 6.61 Å². The third-order valence-electron chi connectivity index (χ3n) is 4.31. The minimum atomic E-state index is -0.508. The van der Waals surface area contributed by atoms with Crippen LogP contribution in [0.3, 0.4) is 0 Å². The van der Waals surface area contributed by atoms with Gasteiger partial charge >= 0.3 is 11.8 Å². The molecule has 2 aromatic carbocycles. The van der Waals surface area contributed by atoms with Gasteiger partial charge in [0, 0.05) is 22.7 Å². The molecule has 0 unspecified atom stereocenters. The number of fused-ring (bicyclic) bond motifs is 1. The summed E-state index contributed by atoms with van der Waals surface area (Å²) in [6.45, 7) is -0.189. The highest BCUT2D eigenvalue weighted by atomic mass is 16.5. The van der Waals surface area contributed by atoms with Crippen LogP contribution < -0.4 is 5.32 Å². The number of nitrogens with one attached hydrogen (secondary N) is 2. The van der Waals surface area contributed by atoms with E-state index in [0.29, 0.717) is 12.2 Å². The van der Waals surface area contributed by atoms with Crippen LogP contribution in [-0.2, 0) is 6.42 Å².